The zero-order valence-corrected chi connectivity index (χ0v) is 9.01. The summed E-state index contributed by atoms with van der Waals surface area (Å²) < 4.78 is 17.8. The maximum absolute atomic E-state index is 12.8. The van der Waals surface area contributed by atoms with Crippen LogP contribution in [0.15, 0.2) is 18.2 Å². The zero-order valence-electron chi connectivity index (χ0n) is 8.26. The van der Waals surface area contributed by atoms with E-state index in [9.17, 15) is 4.39 Å². The minimum absolute atomic E-state index is 0.160. The first-order valence-electron chi connectivity index (χ1n) is 4.25. The average Bonchev–Trinajstić information content (AvgIpc) is 2.12. The van der Waals surface area contributed by atoms with Crippen molar-refractivity contribution in [2.24, 2.45) is 0 Å². The molecule has 0 atom stereocenters. The zero-order chi connectivity index (χ0) is 10.6. The van der Waals surface area contributed by atoms with Crippen molar-refractivity contribution >= 4 is 11.6 Å². The fourth-order valence-corrected chi connectivity index (χ4v) is 1.42. The highest BCUT2D eigenvalue weighted by molar-refractivity contribution is 6.30. The second-order valence-corrected chi connectivity index (χ2v) is 3.59. The molecular weight excluding hydrogens is 205 g/mol. The van der Waals surface area contributed by atoms with E-state index in [-0.39, 0.29) is 10.8 Å². The fraction of sp³-hybridized carbons (Fsp3) is 0.400. The van der Waals surface area contributed by atoms with Gasteiger partial charge in [-0.25, -0.2) is 4.39 Å². The van der Waals surface area contributed by atoms with Crippen LogP contribution in [0.1, 0.15) is 5.56 Å². The number of methoxy groups -OCH3 is 1. The van der Waals surface area contributed by atoms with E-state index in [4.69, 9.17) is 16.3 Å². The molecule has 0 aliphatic heterocycles. The van der Waals surface area contributed by atoms with Crippen LogP contribution in [0, 0.1) is 5.82 Å². The molecule has 0 aliphatic carbocycles. The number of rotatable bonds is 4. The minimum Gasteiger partial charge on any atom is -0.369 e. The maximum Gasteiger partial charge on any atom is 0.141 e. The van der Waals surface area contributed by atoms with E-state index in [1.165, 1.54) is 6.07 Å². The molecule has 14 heavy (non-hydrogen) atoms. The fourth-order valence-electron chi connectivity index (χ4n) is 1.22. The van der Waals surface area contributed by atoms with E-state index >= 15 is 0 Å². The summed E-state index contributed by atoms with van der Waals surface area (Å²) in [6.07, 6.45) is 0. The second kappa shape index (κ2) is 5.29. The van der Waals surface area contributed by atoms with Gasteiger partial charge in [0.25, 0.3) is 0 Å². The Morgan fingerprint density at radius 1 is 1.50 bits per heavy atom. The van der Waals surface area contributed by atoms with E-state index in [2.05, 4.69) is 0 Å². The Morgan fingerprint density at radius 3 is 2.79 bits per heavy atom. The first kappa shape index (κ1) is 11.4. The van der Waals surface area contributed by atoms with Crippen molar-refractivity contribution < 1.29 is 9.13 Å². The van der Waals surface area contributed by atoms with E-state index in [1.54, 1.807) is 19.2 Å². The van der Waals surface area contributed by atoms with Crippen LogP contribution >= 0.6 is 11.6 Å². The average molecular weight is 218 g/mol. The molecule has 0 aromatic heterocycles. The highest BCUT2D eigenvalue weighted by atomic mass is 35.5. The predicted molar refractivity (Wildman–Crippen MR) is 54.8 cm³/mol. The van der Waals surface area contributed by atoms with E-state index < -0.39 is 0 Å². The molecule has 0 amide bonds. The monoisotopic (exact) mass is 217 g/mol. The van der Waals surface area contributed by atoms with Gasteiger partial charge in [-0.3, -0.25) is 4.90 Å². The molecule has 0 unspecified atom stereocenters. The van der Waals surface area contributed by atoms with Crippen molar-refractivity contribution in [3.63, 3.8) is 0 Å². The van der Waals surface area contributed by atoms with Gasteiger partial charge in [-0.2, -0.15) is 0 Å². The van der Waals surface area contributed by atoms with Crippen molar-refractivity contribution in [1.29, 1.82) is 0 Å². The number of benzene rings is 1. The molecule has 1 aromatic rings. The summed E-state index contributed by atoms with van der Waals surface area (Å²) in [7, 11) is 3.55. The summed E-state index contributed by atoms with van der Waals surface area (Å²) in [5, 5.41) is 0.160. The molecule has 0 bridgehead atoms. The second-order valence-electron chi connectivity index (χ2n) is 3.18. The lowest BCUT2D eigenvalue weighted by molar-refractivity contribution is 0.0771. The number of hydrogen-bond acceptors (Lipinski definition) is 2. The summed E-state index contributed by atoms with van der Waals surface area (Å²) in [5.74, 6) is -0.384. The van der Waals surface area contributed by atoms with Crippen LogP contribution in [0.3, 0.4) is 0 Å². The van der Waals surface area contributed by atoms with Gasteiger partial charge in [0.05, 0.1) is 11.8 Å². The molecule has 0 radical (unpaired) electrons. The quantitative estimate of drug-likeness (QED) is 0.719. The summed E-state index contributed by atoms with van der Waals surface area (Å²) in [6.45, 7) is 1.23. The number of hydrogen-bond donors (Lipinski definition) is 0. The predicted octanol–water partition coefficient (Wildman–Crippen LogP) is 2.51. The Labute approximate surface area is 88.2 Å². The molecule has 4 heteroatoms. The van der Waals surface area contributed by atoms with Crippen LogP contribution < -0.4 is 0 Å². The summed E-state index contributed by atoms with van der Waals surface area (Å²) in [5.41, 5.74) is 0.968. The van der Waals surface area contributed by atoms with E-state index in [1.807, 2.05) is 11.9 Å². The Balaban J connectivity index is 2.63. The van der Waals surface area contributed by atoms with E-state index in [0.717, 1.165) is 5.56 Å². The van der Waals surface area contributed by atoms with Gasteiger partial charge >= 0.3 is 0 Å². The van der Waals surface area contributed by atoms with Gasteiger partial charge in [0, 0.05) is 13.7 Å². The van der Waals surface area contributed by atoms with Crippen molar-refractivity contribution in [3.8, 4) is 0 Å². The first-order chi connectivity index (χ1) is 6.63. The van der Waals surface area contributed by atoms with Crippen LogP contribution in [0.2, 0.25) is 5.02 Å². The van der Waals surface area contributed by atoms with Crippen LogP contribution in [0.4, 0.5) is 4.39 Å². The van der Waals surface area contributed by atoms with Crippen LogP contribution in [0.5, 0.6) is 0 Å². The standard InChI is InChI=1S/C10H13ClFNO/c1-13(7-14-2)6-8-3-4-10(12)9(11)5-8/h3-5H,6-7H2,1-2H3. The topological polar surface area (TPSA) is 12.5 Å². The largest absolute Gasteiger partial charge is 0.369 e. The molecule has 0 aliphatic rings. The van der Waals surface area contributed by atoms with Crippen molar-refractivity contribution in [2.75, 3.05) is 20.9 Å². The lowest BCUT2D eigenvalue weighted by Gasteiger charge is -2.15. The third-order valence-corrected chi connectivity index (χ3v) is 2.08. The Bertz CT molecular complexity index is 306. The molecule has 2 nitrogen and oxygen atoms in total. The van der Waals surface area contributed by atoms with Gasteiger partial charge in [-0.05, 0) is 24.7 Å². The molecule has 0 spiro atoms. The Morgan fingerprint density at radius 2 is 2.21 bits per heavy atom. The highest BCUT2D eigenvalue weighted by Gasteiger charge is 2.03. The Hall–Kier alpha value is -0.640. The first-order valence-corrected chi connectivity index (χ1v) is 4.62. The molecule has 1 rings (SSSR count). The van der Waals surface area contributed by atoms with Gasteiger partial charge in [-0.15, -0.1) is 0 Å². The molecule has 0 heterocycles. The Kier molecular flexibility index (Phi) is 4.32. The SMILES string of the molecule is COCN(C)Cc1ccc(F)c(Cl)c1. The summed E-state index contributed by atoms with van der Waals surface area (Å²) in [6, 6.07) is 4.72. The molecule has 1 aromatic carbocycles. The molecular formula is C10H13ClFNO. The number of ether oxygens (including phenoxy) is 1. The molecule has 0 saturated carbocycles. The normalized spacial score (nSPS) is 10.9. The summed E-state index contributed by atoms with van der Waals surface area (Å²) in [4.78, 5) is 1.96. The molecule has 0 fully saturated rings. The molecule has 0 saturated heterocycles. The van der Waals surface area contributed by atoms with Crippen LogP contribution in [-0.2, 0) is 11.3 Å². The van der Waals surface area contributed by atoms with Gasteiger partial charge in [0.1, 0.15) is 5.82 Å². The molecule has 0 N–H and O–H groups in total. The lowest BCUT2D eigenvalue weighted by Crippen LogP contribution is -2.20. The van der Waals surface area contributed by atoms with Gasteiger partial charge < -0.3 is 4.74 Å². The van der Waals surface area contributed by atoms with Gasteiger partial charge in [0.2, 0.25) is 0 Å². The molecule has 78 valence electrons. The van der Waals surface area contributed by atoms with Gasteiger partial charge in [0.15, 0.2) is 0 Å². The number of halogens is 2. The smallest absolute Gasteiger partial charge is 0.141 e. The third kappa shape index (κ3) is 3.25. The lowest BCUT2D eigenvalue weighted by atomic mass is 10.2. The minimum atomic E-state index is -0.384. The van der Waals surface area contributed by atoms with Crippen LogP contribution in [-0.4, -0.2) is 25.8 Å². The maximum atomic E-state index is 12.8. The van der Waals surface area contributed by atoms with Crippen molar-refractivity contribution in [3.05, 3.63) is 34.6 Å². The van der Waals surface area contributed by atoms with Crippen LogP contribution in [0.25, 0.3) is 0 Å². The van der Waals surface area contributed by atoms with E-state index in [0.29, 0.717) is 13.3 Å². The highest BCUT2D eigenvalue weighted by Crippen LogP contribution is 2.16. The van der Waals surface area contributed by atoms with Crippen molar-refractivity contribution in [1.82, 2.24) is 4.90 Å². The van der Waals surface area contributed by atoms with Gasteiger partial charge in [-0.1, -0.05) is 17.7 Å². The third-order valence-electron chi connectivity index (χ3n) is 1.79. The van der Waals surface area contributed by atoms with Crippen molar-refractivity contribution in [2.45, 2.75) is 6.54 Å². The number of nitrogens with zero attached hydrogens (tertiary/aromatic N) is 1. The summed E-state index contributed by atoms with van der Waals surface area (Å²) >= 11 is 5.65.